The van der Waals surface area contributed by atoms with Crippen LogP contribution in [0.3, 0.4) is 0 Å². The molecule has 0 saturated carbocycles. The number of thioether (sulfide) groups is 1. The molecule has 0 aliphatic heterocycles. The molecule has 1 N–H and O–H groups in total. The molecule has 1 amide bonds. The lowest BCUT2D eigenvalue weighted by molar-refractivity contribution is -0.113. The standard InChI is InChI=1S/C17H17FN4OS2/c1-3-12-8-11(9-24-12)16-20-21-17(22(16)2)25-10-15(23)19-14-7-5-4-6-13(14)18/h4-9H,3,10H2,1-2H3,(H,19,23). The number of carbonyl (C=O) groups is 1. The number of aromatic nitrogens is 3. The van der Waals surface area contributed by atoms with Crippen LogP contribution < -0.4 is 5.32 Å². The average Bonchev–Trinajstić information content (AvgIpc) is 3.21. The van der Waals surface area contributed by atoms with Crippen LogP contribution in [0, 0.1) is 5.82 Å². The van der Waals surface area contributed by atoms with Crippen molar-refractivity contribution in [3.63, 3.8) is 0 Å². The summed E-state index contributed by atoms with van der Waals surface area (Å²) in [5.41, 5.74) is 1.21. The van der Waals surface area contributed by atoms with Crippen LogP contribution in [0.5, 0.6) is 0 Å². The van der Waals surface area contributed by atoms with Gasteiger partial charge in [0, 0.05) is 22.9 Å². The highest BCUT2D eigenvalue weighted by Gasteiger charge is 2.14. The number of carbonyl (C=O) groups excluding carboxylic acids is 1. The van der Waals surface area contributed by atoms with Gasteiger partial charge >= 0.3 is 0 Å². The Hall–Kier alpha value is -2.19. The molecule has 130 valence electrons. The zero-order chi connectivity index (χ0) is 17.8. The van der Waals surface area contributed by atoms with Crippen molar-refractivity contribution in [1.29, 1.82) is 0 Å². The van der Waals surface area contributed by atoms with Crippen LogP contribution in [-0.4, -0.2) is 26.4 Å². The molecule has 0 saturated heterocycles. The minimum Gasteiger partial charge on any atom is -0.323 e. The van der Waals surface area contributed by atoms with Gasteiger partial charge in [-0.3, -0.25) is 4.79 Å². The first-order valence-electron chi connectivity index (χ1n) is 7.72. The topological polar surface area (TPSA) is 59.8 Å². The van der Waals surface area contributed by atoms with E-state index in [1.165, 1.54) is 28.8 Å². The van der Waals surface area contributed by atoms with E-state index in [1.54, 1.807) is 23.5 Å². The maximum Gasteiger partial charge on any atom is 0.234 e. The lowest BCUT2D eigenvalue weighted by Crippen LogP contribution is -2.15. The van der Waals surface area contributed by atoms with Crippen molar-refractivity contribution in [2.75, 3.05) is 11.1 Å². The summed E-state index contributed by atoms with van der Waals surface area (Å²) in [6, 6.07) is 8.19. The Balaban J connectivity index is 1.64. The van der Waals surface area contributed by atoms with Crippen molar-refractivity contribution in [3.8, 4) is 11.4 Å². The van der Waals surface area contributed by atoms with Gasteiger partial charge in [0.1, 0.15) is 5.82 Å². The molecule has 5 nitrogen and oxygen atoms in total. The van der Waals surface area contributed by atoms with Crippen LogP contribution in [0.4, 0.5) is 10.1 Å². The number of halogens is 1. The number of nitrogens with one attached hydrogen (secondary N) is 1. The minimum absolute atomic E-state index is 0.129. The van der Waals surface area contributed by atoms with E-state index in [0.717, 1.165) is 17.8 Å². The number of para-hydroxylation sites is 1. The first-order valence-corrected chi connectivity index (χ1v) is 9.59. The Morgan fingerprint density at radius 3 is 2.88 bits per heavy atom. The van der Waals surface area contributed by atoms with Gasteiger partial charge in [0.15, 0.2) is 11.0 Å². The van der Waals surface area contributed by atoms with E-state index >= 15 is 0 Å². The Morgan fingerprint density at radius 1 is 1.36 bits per heavy atom. The van der Waals surface area contributed by atoms with Gasteiger partial charge in [0.05, 0.1) is 11.4 Å². The van der Waals surface area contributed by atoms with E-state index in [1.807, 2.05) is 11.6 Å². The summed E-state index contributed by atoms with van der Waals surface area (Å²) in [7, 11) is 1.87. The van der Waals surface area contributed by atoms with Gasteiger partial charge in [0.2, 0.25) is 5.91 Å². The van der Waals surface area contributed by atoms with Gasteiger partial charge in [-0.15, -0.1) is 21.5 Å². The number of amides is 1. The SMILES string of the molecule is CCc1cc(-c2nnc(SCC(=O)Nc3ccccc3F)n2C)cs1. The molecule has 0 bridgehead atoms. The molecule has 0 atom stereocenters. The molecule has 0 aliphatic carbocycles. The predicted molar refractivity (Wildman–Crippen MR) is 99.4 cm³/mol. The van der Waals surface area contributed by atoms with E-state index in [9.17, 15) is 9.18 Å². The minimum atomic E-state index is -0.453. The summed E-state index contributed by atoms with van der Waals surface area (Å²) >= 11 is 2.96. The number of aryl methyl sites for hydroxylation is 1. The zero-order valence-electron chi connectivity index (χ0n) is 13.8. The Labute approximate surface area is 153 Å². The highest BCUT2D eigenvalue weighted by Crippen LogP contribution is 2.27. The first-order chi connectivity index (χ1) is 12.1. The largest absolute Gasteiger partial charge is 0.323 e. The van der Waals surface area contributed by atoms with Gasteiger partial charge in [-0.2, -0.15) is 0 Å². The Morgan fingerprint density at radius 2 is 2.16 bits per heavy atom. The maximum absolute atomic E-state index is 13.6. The predicted octanol–water partition coefficient (Wildman–Crippen LogP) is 3.98. The number of nitrogens with zero attached hydrogens (tertiary/aromatic N) is 3. The van der Waals surface area contributed by atoms with Crippen LogP contribution in [0.2, 0.25) is 0 Å². The van der Waals surface area contributed by atoms with Gasteiger partial charge in [-0.1, -0.05) is 30.8 Å². The molecule has 0 aliphatic rings. The quantitative estimate of drug-likeness (QED) is 0.661. The number of thiophene rings is 1. The molecule has 8 heteroatoms. The number of rotatable bonds is 6. The van der Waals surface area contributed by atoms with Gasteiger partial charge in [-0.25, -0.2) is 4.39 Å². The van der Waals surface area contributed by atoms with Gasteiger partial charge in [-0.05, 0) is 24.6 Å². The molecule has 3 aromatic rings. The van der Waals surface area contributed by atoms with Crippen molar-refractivity contribution in [3.05, 3.63) is 46.4 Å². The summed E-state index contributed by atoms with van der Waals surface area (Å²) in [4.78, 5) is 13.3. The normalized spacial score (nSPS) is 10.8. The monoisotopic (exact) mass is 376 g/mol. The molecule has 0 unspecified atom stereocenters. The highest BCUT2D eigenvalue weighted by molar-refractivity contribution is 7.99. The second-order valence-corrected chi connectivity index (χ2v) is 7.28. The summed E-state index contributed by atoms with van der Waals surface area (Å²) in [6.45, 7) is 2.11. The third-order valence-electron chi connectivity index (χ3n) is 3.58. The fraction of sp³-hybridized carbons (Fsp3) is 0.235. The lowest BCUT2D eigenvalue weighted by Gasteiger charge is -2.06. The van der Waals surface area contributed by atoms with Gasteiger partial charge < -0.3 is 9.88 Å². The van der Waals surface area contributed by atoms with E-state index < -0.39 is 5.82 Å². The lowest BCUT2D eigenvalue weighted by atomic mass is 10.2. The van der Waals surface area contributed by atoms with E-state index in [0.29, 0.717) is 5.16 Å². The van der Waals surface area contributed by atoms with Gasteiger partial charge in [0.25, 0.3) is 0 Å². The summed E-state index contributed by atoms with van der Waals surface area (Å²) in [5.74, 6) is 0.159. The van der Waals surface area contributed by atoms with E-state index in [4.69, 9.17) is 0 Å². The zero-order valence-corrected chi connectivity index (χ0v) is 15.5. The number of hydrogen-bond donors (Lipinski definition) is 1. The summed E-state index contributed by atoms with van der Waals surface area (Å²) < 4.78 is 15.4. The van der Waals surface area contributed by atoms with Crippen LogP contribution in [0.15, 0.2) is 40.9 Å². The number of anilines is 1. The molecule has 2 heterocycles. The second-order valence-electron chi connectivity index (χ2n) is 5.34. The second kappa shape index (κ2) is 7.79. The van der Waals surface area contributed by atoms with E-state index in [2.05, 4.69) is 33.9 Å². The Kier molecular flexibility index (Phi) is 5.50. The number of benzene rings is 1. The van der Waals surface area contributed by atoms with Crippen molar-refractivity contribution in [1.82, 2.24) is 14.8 Å². The van der Waals surface area contributed by atoms with Crippen LogP contribution >= 0.6 is 23.1 Å². The smallest absolute Gasteiger partial charge is 0.234 e. The average molecular weight is 376 g/mol. The Bertz CT molecular complexity index is 890. The van der Waals surface area contributed by atoms with E-state index in [-0.39, 0.29) is 17.3 Å². The molecular formula is C17H17FN4OS2. The fourth-order valence-corrected chi connectivity index (χ4v) is 3.78. The molecule has 0 fully saturated rings. The first kappa shape index (κ1) is 17.6. The molecule has 25 heavy (non-hydrogen) atoms. The maximum atomic E-state index is 13.6. The summed E-state index contributed by atoms with van der Waals surface area (Å²) in [5, 5.41) is 13.6. The molecule has 0 radical (unpaired) electrons. The molecule has 3 rings (SSSR count). The van der Waals surface area contributed by atoms with Crippen molar-refractivity contribution in [2.24, 2.45) is 7.05 Å². The van der Waals surface area contributed by atoms with Crippen molar-refractivity contribution >= 4 is 34.7 Å². The van der Waals surface area contributed by atoms with Crippen molar-refractivity contribution in [2.45, 2.75) is 18.5 Å². The van der Waals surface area contributed by atoms with Crippen molar-refractivity contribution < 1.29 is 9.18 Å². The molecule has 1 aromatic carbocycles. The molecule has 2 aromatic heterocycles. The number of hydrogen-bond acceptors (Lipinski definition) is 5. The highest BCUT2D eigenvalue weighted by atomic mass is 32.2. The van der Waals surface area contributed by atoms with Crippen LogP contribution in [0.1, 0.15) is 11.8 Å². The molecular weight excluding hydrogens is 359 g/mol. The van der Waals surface area contributed by atoms with Crippen LogP contribution in [0.25, 0.3) is 11.4 Å². The van der Waals surface area contributed by atoms with Crippen LogP contribution in [-0.2, 0) is 18.3 Å². The third-order valence-corrected chi connectivity index (χ3v) is 5.68. The fourth-order valence-electron chi connectivity index (χ4n) is 2.25. The summed E-state index contributed by atoms with van der Waals surface area (Å²) in [6.07, 6.45) is 0.986. The molecule has 0 spiro atoms. The third kappa shape index (κ3) is 4.08.